The molecular formula is C16H19ClN2O3. The number of aryl methyl sites for hydroxylation is 1. The Hall–Kier alpha value is -1.85. The molecule has 0 amide bonds. The molecule has 1 aromatic heterocycles. The number of aliphatic hydroxyl groups excluding tert-OH is 1. The summed E-state index contributed by atoms with van der Waals surface area (Å²) in [5.41, 5.74) is 2.58. The number of hydrogen-bond donors (Lipinski definition) is 2. The van der Waals surface area contributed by atoms with Gasteiger partial charge in [-0.25, -0.2) is 4.79 Å². The zero-order valence-corrected chi connectivity index (χ0v) is 13.6. The SMILES string of the molecule is CCOC(=O)c1cnc2c(C)cc(Cl)cc2c1NC[C@@H](C)O. The van der Waals surface area contributed by atoms with Gasteiger partial charge in [0.2, 0.25) is 0 Å². The quantitative estimate of drug-likeness (QED) is 0.827. The smallest absolute Gasteiger partial charge is 0.341 e. The summed E-state index contributed by atoms with van der Waals surface area (Å²) in [6.45, 7) is 5.90. The van der Waals surface area contributed by atoms with Crippen molar-refractivity contribution in [3.63, 3.8) is 0 Å². The number of benzene rings is 1. The number of anilines is 1. The van der Waals surface area contributed by atoms with Gasteiger partial charge in [0, 0.05) is 23.2 Å². The fourth-order valence-electron chi connectivity index (χ4n) is 2.24. The second-order valence-electron chi connectivity index (χ2n) is 5.12. The lowest BCUT2D eigenvalue weighted by Gasteiger charge is -2.16. The Kier molecular flexibility index (Phi) is 5.21. The van der Waals surface area contributed by atoms with Crippen molar-refractivity contribution in [1.82, 2.24) is 4.98 Å². The molecule has 0 aliphatic heterocycles. The zero-order chi connectivity index (χ0) is 16.3. The summed E-state index contributed by atoms with van der Waals surface area (Å²) in [6, 6.07) is 3.57. The molecule has 0 fully saturated rings. The van der Waals surface area contributed by atoms with Gasteiger partial charge in [0.05, 0.1) is 23.9 Å². The fourth-order valence-corrected chi connectivity index (χ4v) is 2.51. The number of ether oxygens (including phenoxy) is 1. The summed E-state index contributed by atoms with van der Waals surface area (Å²) in [6.07, 6.45) is 0.935. The van der Waals surface area contributed by atoms with Crippen LogP contribution in [0.15, 0.2) is 18.3 Å². The maximum absolute atomic E-state index is 12.1. The lowest BCUT2D eigenvalue weighted by molar-refractivity contribution is 0.0527. The molecule has 0 bridgehead atoms. The van der Waals surface area contributed by atoms with Crippen LogP contribution < -0.4 is 5.32 Å². The topological polar surface area (TPSA) is 71.5 Å². The number of pyridine rings is 1. The first-order valence-corrected chi connectivity index (χ1v) is 7.49. The molecule has 6 heteroatoms. The summed E-state index contributed by atoms with van der Waals surface area (Å²) < 4.78 is 5.07. The second-order valence-corrected chi connectivity index (χ2v) is 5.55. The van der Waals surface area contributed by atoms with Crippen molar-refractivity contribution in [3.8, 4) is 0 Å². The molecule has 1 aromatic carbocycles. The van der Waals surface area contributed by atoms with Crippen LogP contribution in [0.4, 0.5) is 5.69 Å². The van der Waals surface area contributed by atoms with Gasteiger partial charge in [0.25, 0.3) is 0 Å². The van der Waals surface area contributed by atoms with Crippen LogP contribution in [0, 0.1) is 6.92 Å². The van der Waals surface area contributed by atoms with Crippen molar-refractivity contribution >= 4 is 34.2 Å². The summed E-state index contributed by atoms with van der Waals surface area (Å²) >= 11 is 6.13. The van der Waals surface area contributed by atoms with Crippen molar-refractivity contribution in [3.05, 3.63) is 34.5 Å². The van der Waals surface area contributed by atoms with Gasteiger partial charge in [0.1, 0.15) is 5.56 Å². The number of nitrogens with zero attached hydrogens (tertiary/aromatic N) is 1. The number of esters is 1. The van der Waals surface area contributed by atoms with E-state index >= 15 is 0 Å². The first kappa shape index (κ1) is 16.5. The fraction of sp³-hybridized carbons (Fsp3) is 0.375. The first-order chi connectivity index (χ1) is 10.4. The Bertz CT molecular complexity index is 701. The number of fused-ring (bicyclic) bond motifs is 1. The molecule has 0 saturated heterocycles. The van der Waals surface area contributed by atoms with Gasteiger partial charge in [-0.3, -0.25) is 4.98 Å². The van der Waals surface area contributed by atoms with Gasteiger partial charge < -0.3 is 15.2 Å². The Morgan fingerprint density at radius 1 is 1.50 bits per heavy atom. The summed E-state index contributed by atoms with van der Waals surface area (Å²) in [5, 5.41) is 13.9. The van der Waals surface area contributed by atoms with Crippen molar-refractivity contribution < 1.29 is 14.6 Å². The molecule has 2 N–H and O–H groups in total. The lowest BCUT2D eigenvalue weighted by Crippen LogP contribution is -2.18. The number of hydrogen-bond acceptors (Lipinski definition) is 5. The van der Waals surface area contributed by atoms with Crippen molar-refractivity contribution in [2.45, 2.75) is 26.9 Å². The second kappa shape index (κ2) is 6.94. The molecular weight excluding hydrogens is 304 g/mol. The monoisotopic (exact) mass is 322 g/mol. The highest BCUT2D eigenvalue weighted by molar-refractivity contribution is 6.31. The van der Waals surface area contributed by atoms with E-state index in [9.17, 15) is 9.90 Å². The maximum atomic E-state index is 12.1. The van der Waals surface area contributed by atoms with Crippen LogP contribution in [-0.2, 0) is 4.74 Å². The summed E-state index contributed by atoms with van der Waals surface area (Å²) in [5.74, 6) is -0.456. The largest absolute Gasteiger partial charge is 0.462 e. The molecule has 0 aliphatic carbocycles. The van der Waals surface area contributed by atoms with E-state index in [2.05, 4.69) is 10.3 Å². The molecule has 0 aliphatic rings. The molecule has 5 nitrogen and oxygen atoms in total. The van der Waals surface area contributed by atoms with Crippen molar-refractivity contribution in [2.24, 2.45) is 0 Å². The standard InChI is InChI=1S/C16H19ClN2O3/c1-4-22-16(21)13-8-19-14-9(2)5-11(17)6-12(14)15(13)18-7-10(3)20/h5-6,8,10,20H,4,7H2,1-3H3,(H,18,19)/t10-/m1/s1. The third-order valence-electron chi connectivity index (χ3n) is 3.20. The van der Waals surface area contributed by atoms with E-state index in [0.717, 1.165) is 16.5 Å². The van der Waals surface area contributed by atoms with Gasteiger partial charge in [-0.15, -0.1) is 0 Å². The molecule has 0 spiro atoms. The highest BCUT2D eigenvalue weighted by atomic mass is 35.5. The minimum Gasteiger partial charge on any atom is -0.462 e. The summed E-state index contributed by atoms with van der Waals surface area (Å²) in [4.78, 5) is 16.5. The first-order valence-electron chi connectivity index (χ1n) is 7.12. The minimum atomic E-state index is -0.557. The minimum absolute atomic E-state index is 0.279. The van der Waals surface area contributed by atoms with Gasteiger partial charge in [-0.1, -0.05) is 11.6 Å². The van der Waals surface area contributed by atoms with E-state index in [0.29, 0.717) is 22.8 Å². The molecule has 2 rings (SSSR count). The van der Waals surface area contributed by atoms with Gasteiger partial charge in [-0.2, -0.15) is 0 Å². The van der Waals surface area contributed by atoms with Gasteiger partial charge >= 0.3 is 5.97 Å². The van der Waals surface area contributed by atoms with E-state index in [1.165, 1.54) is 6.20 Å². The van der Waals surface area contributed by atoms with Crippen LogP contribution in [0.5, 0.6) is 0 Å². The van der Waals surface area contributed by atoms with Crippen LogP contribution in [0.1, 0.15) is 29.8 Å². The van der Waals surface area contributed by atoms with Crippen molar-refractivity contribution in [1.29, 1.82) is 0 Å². The van der Waals surface area contributed by atoms with Crippen LogP contribution in [-0.4, -0.2) is 35.3 Å². The lowest BCUT2D eigenvalue weighted by atomic mass is 10.1. The van der Waals surface area contributed by atoms with Gasteiger partial charge in [0.15, 0.2) is 0 Å². The maximum Gasteiger partial charge on any atom is 0.341 e. The number of aromatic nitrogens is 1. The Morgan fingerprint density at radius 2 is 2.23 bits per heavy atom. The number of aliphatic hydroxyl groups is 1. The average molecular weight is 323 g/mol. The Labute approximate surface area is 134 Å². The van der Waals surface area contributed by atoms with Crippen LogP contribution in [0.25, 0.3) is 10.9 Å². The molecule has 0 radical (unpaired) electrons. The molecule has 1 heterocycles. The number of rotatable bonds is 5. The number of carbonyl (C=O) groups excluding carboxylic acids is 1. The number of nitrogens with one attached hydrogen (secondary N) is 1. The zero-order valence-electron chi connectivity index (χ0n) is 12.8. The highest BCUT2D eigenvalue weighted by Gasteiger charge is 2.18. The van der Waals surface area contributed by atoms with E-state index in [1.54, 1.807) is 19.9 Å². The number of halogens is 1. The highest BCUT2D eigenvalue weighted by Crippen LogP contribution is 2.31. The third-order valence-corrected chi connectivity index (χ3v) is 3.41. The van der Waals surface area contributed by atoms with Gasteiger partial charge in [-0.05, 0) is 38.5 Å². The van der Waals surface area contributed by atoms with Crippen LogP contribution >= 0.6 is 11.6 Å². The van der Waals surface area contributed by atoms with Crippen molar-refractivity contribution in [2.75, 3.05) is 18.5 Å². The molecule has 2 aromatic rings. The Balaban J connectivity index is 2.63. The predicted molar refractivity (Wildman–Crippen MR) is 87.6 cm³/mol. The Morgan fingerprint density at radius 3 is 2.86 bits per heavy atom. The van der Waals surface area contributed by atoms with E-state index in [-0.39, 0.29) is 6.61 Å². The average Bonchev–Trinajstić information content (AvgIpc) is 2.44. The van der Waals surface area contributed by atoms with E-state index in [1.807, 2.05) is 13.0 Å². The number of carbonyl (C=O) groups is 1. The predicted octanol–water partition coefficient (Wildman–Crippen LogP) is 3.17. The molecule has 22 heavy (non-hydrogen) atoms. The molecule has 0 saturated carbocycles. The van der Waals surface area contributed by atoms with E-state index in [4.69, 9.17) is 16.3 Å². The molecule has 0 unspecified atom stereocenters. The van der Waals surface area contributed by atoms with E-state index < -0.39 is 12.1 Å². The van der Waals surface area contributed by atoms with Crippen LogP contribution in [0.2, 0.25) is 5.02 Å². The van der Waals surface area contributed by atoms with Crippen LogP contribution in [0.3, 0.4) is 0 Å². The molecule has 118 valence electrons. The molecule has 1 atom stereocenters. The third kappa shape index (κ3) is 3.48. The summed E-state index contributed by atoms with van der Waals surface area (Å²) in [7, 11) is 0. The normalized spacial score (nSPS) is 12.2.